The van der Waals surface area contributed by atoms with E-state index < -0.39 is 0 Å². The molecule has 0 aliphatic heterocycles. The third-order valence-electron chi connectivity index (χ3n) is 1.94. The second kappa shape index (κ2) is 3.31. The highest BCUT2D eigenvalue weighted by molar-refractivity contribution is 9.11. The van der Waals surface area contributed by atoms with E-state index >= 15 is 0 Å². The number of fused-ring (bicyclic) bond motifs is 1. The average Bonchev–Trinajstić information content (AvgIpc) is 2.07. The topological polar surface area (TPSA) is 26.0 Å². The average molecular weight is 301 g/mol. The Morgan fingerprint density at radius 2 is 1.77 bits per heavy atom. The van der Waals surface area contributed by atoms with Crippen LogP contribution in [0.1, 0.15) is 0 Å². The standard InChI is InChI=1S/C10H7Br2N/c11-6-4-8-7(9(12)5-6)2-1-3-10(8)13/h1-5H,13H2. The molecule has 0 heterocycles. The van der Waals surface area contributed by atoms with Gasteiger partial charge in [-0.05, 0) is 23.6 Å². The molecule has 0 unspecified atom stereocenters. The van der Waals surface area contributed by atoms with Crippen molar-refractivity contribution in [1.82, 2.24) is 0 Å². The lowest BCUT2D eigenvalue weighted by molar-refractivity contribution is 1.66. The van der Waals surface area contributed by atoms with Gasteiger partial charge in [-0.25, -0.2) is 0 Å². The first-order chi connectivity index (χ1) is 6.18. The highest BCUT2D eigenvalue weighted by Crippen LogP contribution is 2.31. The lowest BCUT2D eigenvalue weighted by Gasteiger charge is -2.04. The molecule has 0 saturated carbocycles. The van der Waals surface area contributed by atoms with Crippen molar-refractivity contribution in [2.45, 2.75) is 0 Å². The minimum atomic E-state index is 0.805. The molecule has 0 aliphatic rings. The van der Waals surface area contributed by atoms with Crippen LogP contribution in [0.4, 0.5) is 5.69 Å². The lowest BCUT2D eigenvalue weighted by Crippen LogP contribution is -1.86. The van der Waals surface area contributed by atoms with Gasteiger partial charge in [-0.15, -0.1) is 0 Å². The molecule has 0 spiro atoms. The zero-order valence-electron chi connectivity index (χ0n) is 6.72. The van der Waals surface area contributed by atoms with Gasteiger partial charge >= 0.3 is 0 Å². The molecular formula is C10H7Br2N. The van der Waals surface area contributed by atoms with Crippen LogP contribution < -0.4 is 5.73 Å². The SMILES string of the molecule is Nc1cccc2c(Br)cc(Br)cc12. The van der Waals surface area contributed by atoms with Crippen molar-refractivity contribution in [3.8, 4) is 0 Å². The predicted octanol–water partition coefficient (Wildman–Crippen LogP) is 3.95. The molecule has 0 atom stereocenters. The summed E-state index contributed by atoms with van der Waals surface area (Å²) < 4.78 is 2.09. The van der Waals surface area contributed by atoms with Gasteiger partial charge in [0.15, 0.2) is 0 Å². The molecule has 2 N–H and O–H groups in total. The van der Waals surface area contributed by atoms with E-state index in [0.717, 1.165) is 25.4 Å². The molecule has 0 amide bonds. The summed E-state index contributed by atoms with van der Waals surface area (Å²) in [6.45, 7) is 0. The Hall–Kier alpha value is -0.540. The summed E-state index contributed by atoms with van der Waals surface area (Å²) in [6.07, 6.45) is 0. The normalized spacial score (nSPS) is 10.6. The summed E-state index contributed by atoms with van der Waals surface area (Å²) in [4.78, 5) is 0. The van der Waals surface area contributed by atoms with Crippen molar-refractivity contribution in [3.05, 3.63) is 39.3 Å². The van der Waals surface area contributed by atoms with Crippen LogP contribution in [0.5, 0.6) is 0 Å². The molecule has 2 rings (SSSR count). The molecular weight excluding hydrogens is 294 g/mol. The van der Waals surface area contributed by atoms with Crippen molar-refractivity contribution in [2.24, 2.45) is 0 Å². The Labute approximate surface area is 93.2 Å². The summed E-state index contributed by atoms with van der Waals surface area (Å²) >= 11 is 6.93. The van der Waals surface area contributed by atoms with Crippen LogP contribution in [0.2, 0.25) is 0 Å². The van der Waals surface area contributed by atoms with E-state index in [0.29, 0.717) is 0 Å². The van der Waals surface area contributed by atoms with E-state index in [1.807, 2.05) is 30.3 Å². The first-order valence-electron chi connectivity index (χ1n) is 3.82. The number of hydrogen-bond donors (Lipinski definition) is 1. The maximum absolute atomic E-state index is 5.85. The first-order valence-corrected chi connectivity index (χ1v) is 5.40. The first kappa shape index (κ1) is 9.03. The molecule has 1 nitrogen and oxygen atoms in total. The second-order valence-electron chi connectivity index (χ2n) is 2.83. The maximum Gasteiger partial charge on any atom is 0.0394 e. The van der Waals surface area contributed by atoms with Crippen LogP contribution in [-0.2, 0) is 0 Å². The molecule has 0 radical (unpaired) electrons. The fourth-order valence-electron chi connectivity index (χ4n) is 1.33. The number of benzene rings is 2. The molecule has 2 aromatic rings. The number of anilines is 1. The third kappa shape index (κ3) is 1.58. The zero-order valence-corrected chi connectivity index (χ0v) is 9.89. The summed E-state index contributed by atoms with van der Waals surface area (Å²) in [6, 6.07) is 9.94. The molecule has 2 aromatic carbocycles. The van der Waals surface area contributed by atoms with Gasteiger partial charge in [-0.1, -0.05) is 44.0 Å². The van der Waals surface area contributed by atoms with Crippen LogP contribution in [0, 0.1) is 0 Å². The zero-order chi connectivity index (χ0) is 9.42. The minimum absolute atomic E-state index is 0.805. The molecule has 0 bridgehead atoms. The largest absolute Gasteiger partial charge is 0.398 e. The number of nitrogen functional groups attached to an aromatic ring is 1. The van der Waals surface area contributed by atoms with Crippen molar-refractivity contribution in [3.63, 3.8) is 0 Å². The quantitative estimate of drug-likeness (QED) is 0.733. The van der Waals surface area contributed by atoms with Gasteiger partial charge in [-0.2, -0.15) is 0 Å². The number of rotatable bonds is 0. The predicted molar refractivity (Wildman–Crippen MR) is 63.8 cm³/mol. The van der Waals surface area contributed by atoms with Gasteiger partial charge in [-0.3, -0.25) is 0 Å². The molecule has 13 heavy (non-hydrogen) atoms. The molecule has 3 heteroatoms. The van der Waals surface area contributed by atoms with Gasteiger partial charge in [0, 0.05) is 20.0 Å². The second-order valence-corrected chi connectivity index (χ2v) is 4.60. The van der Waals surface area contributed by atoms with E-state index in [4.69, 9.17) is 5.73 Å². The Bertz CT molecular complexity index is 466. The molecule has 66 valence electrons. The van der Waals surface area contributed by atoms with Crippen LogP contribution >= 0.6 is 31.9 Å². The van der Waals surface area contributed by atoms with Crippen LogP contribution in [0.3, 0.4) is 0 Å². The van der Waals surface area contributed by atoms with Gasteiger partial charge in [0.1, 0.15) is 0 Å². The van der Waals surface area contributed by atoms with Crippen molar-refractivity contribution >= 4 is 48.3 Å². The van der Waals surface area contributed by atoms with E-state index in [-0.39, 0.29) is 0 Å². The molecule has 0 aliphatic carbocycles. The van der Waals surface area contributed by atoms with Crippen LogP contribution in [0.15, 0.2) is 39.3 Å². The van der Waals surface area contributed by atoms with E-state index in [2.05, 4.69) is 31.9 Å². The van der Waals surface area contributed by atoms with Crippen LogP contribution in [0.25, 0.3) is 10.8 Å². The number of halogens is 2. The van der Waals surface area contributed by atoms with Crippen molar-refractivity contribution in [2.75, 3.05) is 5.73 Å². The third-order valence-corrected chi connectivity index (χ3v) is 3.06. The summed E-state index contributed by atoms with van der Waals surface area (Å²) in [5.41, 5.74) is 6.66. The number of nitrogens with two attached hydrogens (primary N) is 1. The highest BCUT2D eigenvalue weighted by Gasteiger charge is 2.02. The summed E-state index contributed by atoms with van der Waals surface area (Å²) in [5.74, 6) is 0. The fraction of sp³-hybridized carbons (Fsp3) is 0. The van der Waals surface area contributed by atoms with Crippen molar-refractivity contribution < 1.29 is 0 Å². The maximum atomic E-state index is 5.85. The van der Waals surface area contributed by atoms with E-state index in [1.165, 1.54) is 0 Å². The minimum Gasteiger partial charge on any atom is -0.398 e. The molecule has 0 fully saturated rings. The van der Waals surface area contributed by atoms with Crippen molar-refractivity contribution in [1.29, 1.82) is 0 Å². The van der Waals surface area contributed by atoms with Gasteiger partial charge in [0.05, 0.1) is 0 Å². The van der Waals surface area contributed by atoms with E-state index in [9.17, 15) is 0 Å². The fourth-order valence-corrected chi connectivity index (χ4v) is 2.69. The Kier molecular flexibility index (Phi) is 2.30. The van der Waals surface area contributed by atoms with Gasteiger partial charge < -0.3 is 5.73 Å². The highest BCUT2D eigenvalue weighted by atomic mass is 79.9. The Balaban J connectivity index is 2.94. The molecule has 0 aromatic heterocycles. The smallest absolute Gasteiger partial charge is 0.0394 e. The Morgan fingerprint density at radius 1 is 1.00 bits per heavy atom. The lowest BCUT2D eigenvalue weighted by atomic mass is 10.1. The molecule has 0 saturated heterocycles. The summed E-state index contributed by atoms with van der Waals surface area (Å²) in [7, 11) is 0. The van der Waals surface area contributed by atoms with E-state index in [1.54, 1.807) is 0 Å². The van der Waals surface area contributed by atoms with Crippen LogP contribution in [-0.4, -0.2) is 0 Å². The van der Waals surface area contributed by atoms with Gasteiger partial charge in [0.25, 0.3) is 0 Å². The van der Waals surface area contributed by atoms with Gasteiger partial charge in [0.2, 0.25) is 0 Å². The number of hydrogen-bond acceptors (Lipinski definition) is 1. The monoisotopic (exact) mass is 299 g/mol. The Morgan fingerprint density at radius 3 is 2.54 bits per heavy atom. The summed E-state index contributed by atoms with van der Waals surface area (Å²) in [5, 5.41) is 2.21.